The molecule has 1 amide bonds. The van der Waals surface area contributed by atoms with Crippen molar-refractivity contribution in [3.8, 4) is 5.75 Å². The molecule has 2 aromatic rings. The largest absolute Gasteiger partial charge is 0.497 e. The van der Waals surface area contributed by atoms with Gasteiger partial charge in [0.05, 0.1) is 32.9 Å². The van der Waals surface area contributed by atoms with E-state index in [0.29, 0.717) is 5.75 Å². The van der Waals surface area contributed by atoms with E-state index >= 15 is 0 Å². The third kappa shape index (κ3) is 4.50. The first-order chi connectivity index (χ1) is 11.1. The fraction of sp³-hybridized carbons (Fsp3) is 0.250. The fourth-order valence-corrected chi connectivity index (χ4v) is 2.01. The lowest BCUT2D eigenvalue weighted by Crippen LogP contribution is -2.31. The van der Waals surface area contributed by atoms with Crippen LogP contribution in [0.5, 0.6) is 5.75 Å². The number of nitrogens with one attached hydrogen (secondary N) is 1. The zero-order valence-electron chi connectivity index (χ0n) is 12.9. The molecule has 23 heavy (non-hydrogen) atoms. The van der Waals surface area contributed by atoms with E-state index in [4.69, 9.17) is 9.47 Å². The van der Waals surface area contributed by atoms with E-state index in [1.165, 1.54) is 25.7 Å². The molecule has 0 bridgehead atoms. The van der Waals surface area contributed by atoms with E-state index in [0.717, 1.165) is 5.56 Å². The molecule has 7 nitrogen and oxygen atoms in total. The van der Waals surface area contributed by atoms with Crippen LogP contribution in [-0.4, -0.2) is 36.1 Å². The van der Waals surface area contributed by atoms with Crippen LogP contribution in [0, 0.1) is 0 Å². The van der Waals surface area contributed by atoms with Gasteiger partial charge in [0, 0.05) is 12.4 Å². The number of rotatable bonds is 6. The molecular weight excluding hydrogens is 298 g/mol. The summed E-state index contributed by atoms with van der Waals surface area (Å²) in [5, 5.41) is 2.77. The quantitative estimate of drug-likeness (QED) is 0.813. The van der Waals surface area contributed by atoms with Gasteiger partial charge in [-0.1, -0.05) is 12.1 Å². The van der Waals surface area contributed by atoms with Gasteiger partial charge in [-0.25, -0.2) is 4.98 Å². The molecule has 0 radical (unpaired) electrons. The van der Waals surface area contributed by atoms with Crippen molar-refractivity contribution in [3.05, 3.63) is 54.1 Å². The lowest BCUT2D eigenvalue weighted by Gasteiger charge is -2.18. The van der Waals surface area contributed by atoms with Crippen LogP contribution in [0.15, 0.2) is 42.9 Å². The molecule has 7 heteroatoms. The van der Waals surface area contributed by atoms with E-state index < -0.39 is 17.9 Å². The summed E-state index contributed by atoms with van der Waals surface area (Å²) in [6.45, 7) is 0. The first-order valence-corrected chi connectivity index (χ1v) is 6.91. The number of methoxy groups -OCH3 is 2. The van der Waals surface area contributed by atoms with Crippen LogP contribution in [0.3, 0.4) is 0 Å². The normalized spacial score (nSPS) is 11.4. The predicted octanol–water partition coefficient (Wildman–Crippen LogP) is 1.52. The molecule has 0 spiro atoms. The maximum atomic E-state index is 12.3. The second-order valence-electron chi connectivity index (χ2n) is 4.67. The first kappa shape index (κ1) is 16.4. The molecule has 0 saturated carbocycles. The van der Waals surface area contributed by atoms with Crippen molar-refractivity contribution >= 4 is 11.9 Å². The molecule has 1 heterocycles. The summed E-state index contributed by atoms with van der Waals surface area (Å²) in [5.74, 6) is -0.224. The van der Waals surface area contributed by atoms with Gasteiger partial charge >= 0.3 is 5.97 Å². The summed E-state index contributed by atoms with van der Waals surface area (Å²) < 4.78 is 9.87. The number of aromatic nitrogens is 2. The molecule has 1 N–H and O–H groups in total. The van der Waals surface area contributed by atoms with E-state index in [1.807, 2.05) is 0 Å². The molecule has 120 valence electrons. The van der Waals surface area contributed by atoms with Crippen molar-refractivity contribution < 1.29 is 19.1 Å². The van der Waals surface area contributed by atoms with Crippen molar-refractivity contribution in [2.75, 3.05) is 14.2 Å². The van der Waals surface area contributed by atoms with E-state index in [2.05, 4.69) is 15.3 Å². The monoisotopic (exact) mass is 315 g/mol. The number of carbonyl (C=O) groups excluding carboxylic acids is 2. The highest BCUT2D eigenvalue weighted by molar-refractivity contribution is 5.92. The van der Waals surface area contributed by atoms with Gasteiger partial charge in [-0.2, -0.15) is 0 Å². The highest BCUT2D eigenvalue weighted by atomic mass is 16.5. The van der Waals surface area contributed by atoms with E-state index in [-0.39, 0.29) is 12.1 Å². The van der Waals surface area contributed by atoms with E-state index in [1.54, 1.807) is 31.4 Å². The maximum Gasteiger partial charge on any atom is 0.307 e. The maximum absolute atomic E-state index is 12.3. The Morgan fingerprint density at radius 3 is 2.74 bits per heavy atom. The number of esters is 1. The predicted molar refractivity (Wildman–Crippen MR) is 81.9 cm³/mol. The van der Waals surface area contributed by atoms with Gasteiger partial charge in [-0.3, -0.25) is 14.6 Å². The molecule has 0 aliphatic rings. The Kier molecular flexibility index (Phi) is 5.62. The van der Waals surface area contributed by atoms with Gasteiger partial charge in [0.25, 0.3) is 5.91 Å². The summed E-state index contributed by atoms with van der Waals surface area (Å²) in [7, 11) is 2.85. The third-order valence-electron chi connectivity index (χ3n) is 3.20. The molecule has 2 rings (SSSR count). The fourth-order valence-electron chi connectivity index (χ4n) is 2.01. The van der Waals surface area contributed by atoms with Gasteiger partial charge in [0.1, 0.15) is 11.4 Å². The zero-order chi connectivity index (χ0) is 16.7. The summed E-state index contributed by atoms with van der Waals surface area (Å²) >= 11 is 0. The molecule has 1 unspecified atom stereocenters. The molecular formula is C16H17N3O4. The van der Waals surface area contributed by atoms with Crippen molar-refractivity contribution in [1.29, 1.82) is 0 Å². The Bertz CT molecular complexity index is 676. The number of benzene rings is 1. The third-order valence-corrected chi connectivity index (χ3v) is 3.20. The average Bonchev–Trinajstić information content (AvgIpc) is 2.61. The lowest BCUT2D eigenvalue weighted by atomic mass is 10.0. The standard InChI is InChI=1S/C16H17N3O4/c1-22-12-5-3-4-11(8-12)13(9-15(20)23-2)19-16(21)14-10-17-6-7-18-14/h3-8,10,13H,9H2,1-2H3,(H,19,21). The Hall–Kier alpha value is -2.96. The molecule has 1 atom stereocenters. The van der Waals surface area contributed by atoms with Crippen LogP contribution in [-0.2, 0) is 9.53 Å². The van der Waals surface area contributed by atoms with Crippen molar-refractivity contribution in [3.63, 3.8) is 0 Å². The van der Waals surface area contributed by atoms with Gasteiger partial charge in [-0.15, -0.1) is 0 Å². The Labute approximate surface area is 133 Å². The molecule has 0 aliphatic carbocycles. The summed E-state index contributed by atoms with van der Waals surface area (Å²) in [6, 6.07) is 6.56. The van der Waals surface area contributed by atoms with Gasteiger partial charge in [0.2, 0.25) is 0 Å². The minimum Gasteiger partial charge on any atom is -0.497 e. The van der Waals surface area contributed by atoms with Crippen LogP contribution >= 0.6 is 0 Å². The molecule has 0 fully saturated rings. The SMILES string of the molecule is COC(=O)CC(NC(=O)c1cnccn1)c1cccc(OC)c1. The number of ether oxygens (including phenoxy) is 2. The van der Waals surface area contributed by atoms with Crippen LogP contribution < -0.4 is 10.1 Å². The van der Waals surface area contributed by atoms with Crippen molar-refractivity contribution in [1.82, 2.24) is 15.3 Å². The number of amides is 1. The van der Waals surface area contributed by atoms with Crippen LogP contribution in [0.4, 0.5) is 0 Å². The minimum absolute atomic E-state index is 0.00430. The summed E-state index contributed by atoms with van der Waals surface area (Å²) in [4.78, 5) is 31.7. The Balaban J connectivity index is 2.23. The number of hydrogen-bond donors (Lipinski definition) is 1. The second kappa shape index (κ2) is 7.88. The second-order valence-corrected chi connectivity index (χ2v) is 4.67. The first-order valence-electron chi connectivity index (χ1n) is 6.91. The Morgan fingerprint density at radius 2 is 2.09 bits per heavy atom. The number of hydrogen-bond acceptors (Lipinski definition) is 6. The molecule has 1 aromatic heterocycles. The smallest absolute Gasteiger partial charge is 0.307 e. The number of carbonyl (C=O) groups is 2. The molecule has 0 aliphatic heterocycles. The highest BCUT2D eigenvalue weighted by Gasteiger charge is 2.20. The van der Waals surface area contributed by atoms with Gasteiger partial charge in [-0.05, 0) is 17.7 Å². The lowest BCUT2D eigenvalue weighted by molar-refractivity contribution is -0.141. The van der Waals surface area contributed by atoms with Gasteiger partial charge < -0.3 is 14.8 Å². The van der Waals surface area contributed by atoms with Crippen LogP contribution in [0.25, 0.3) is 0 Å². The summed E-state index contributed by atoms with van der Waals surface area (Å²) in [5.41, 5.74) is 0.900. The van der Waals surface area contributed by atoms with Crippen LogP contribution in [0.2, 0.25) is 0 Å². The zero-order valence-corrected chi connectivity index (χ0v) is 12.9. The molecule has 0 saturated heterocycles. The number of nitrogens with zero attached hydrogens (tertiary/aromatic N) is 2. The van der Waals surface area contributed by atoms with Crippen molar-refractivity contribution in [2.24, 2.45) is 0 Å². The van der Waals surface area contributed by atoms with Crippen LogP contribution in [0.1, 0.15) is 28.5 Å². The van der Waals surface area contributed by atoms with E-state index in [9.17, 15) is 9.59 Å². The topological polar surface area (TPSA) is 90.4 Å². The minimum atomic E-state index is -0.563. The van der Waals surface area contributed by atoms with Crippen molar-refractivity contribution in [2.45, 2.75) is 12.5 Å². The highest BCUT2D eigenvalue weighted by Crippen LogP contribution is 2.22. The average molecular weight is 315 g/mol. The Morgan fingerprint density at radius 1 is 1.26 bits per heavy atom. The van der Waals surface area contributed by atoms with Gasteiger partial charge in [0.15, 0.2) is 0 Å². The summed E-state index contributed by atoms with van der Waals surface area (Å²) in [6.07, 6.45) is 4.26. The molecule has 1 aromatic carbocycles.